The van der Waals surface area contributed by atoms with Crippen molar-refractivity contribution in [1.82, 2.24) is 4.90 Å². The van der Waals surface area contributed by atoms with Gasteiger partial charge in [0.25, 0.3) is 0 Å². The van der Waals surface area contributed by atoms with E-state index in [0.29, 0.717) is 29.2 Å². The summed E-state index contributed by atoms with van der Waals surface area (Å²) in [4.78, 5) is 25.5. The molecule has 1 heterocycles. The van der Waals surface area contributed by atoms with E-state index in [1.165, 1.54) is 24.3 Å². The van der Waals surface area contributed by atoms with Gasteiger partial charge in [0.2, 0.25) is 0 Å². The van der Waals surface area contributed by atoms with Gasteiger partial charge >= 0.3 is 11.9 Å². The minimum atomic E-state index is -1.35. The SMILES string of the molecule is CCOC(=O)C(=O)Nc1ccc(OCCCN2CCC(C(O)(c3ccc(F)cc3)c3ccc(F)cc3)CC2)cc1. The second kappa shape index (κ2) is 13.5. The van der Waals surface area contributed by atoms with E-state index in [9.17, 15) is 23.5 Å². The number of hydrogen-bond donors (Lipinski definition) is 2. The Morgan fingerprint density at radius 2 is 1.48 bits per heavy atom. The number of esters is 1. The molecule has 3 aromatic carbocycles. The van der Waals surface area contributed by atoms with Crippen LogP contribution in [0.25, 0.3) is 0 Å². The first-order valence-electron chi connectivity index (χ1n) is 13.5. The first kappa shape index (κ1) is 29.2. The van der Waals surface area contributed by atoms with Crippen molar-refractivity contribution in [2.45, 2.75) is 31.8 Å². The van der Waals surface area contributed by atoms with Crippen molar-refractivity contribution in [3.05, 3.63) is 95.6 Å². The van der Waals surface area contributed by atoms with Crippen LogP contribution in [0.15, 0.2) is 72.8 Å². The molecule has 0 aromatic heterocycles. The summed E-state index contributed by atoms with van der Waals surface area (Å²) in [6.45, 7) is 4.65. The number of halogens is 2. The smallest absolute Gasteiger partial charge is 0.397 e. The number of ether oxygens (including phenoxy) is 2. The molecule has 9 heteroatoms. The lowest BCUT2D eigenvalue weighted by atomic mass is 9.72. The zero-order valence-electron chi connectivity index (χ0n) is 22.4. The number of rotatable bonds is 10. The maximum atomic E-state index is 13.6. The van der Waals surface area contributed by atoms with Crippen LogP contribution in [0.2, 0.25) is 0 Å². The monoisotopic (exact) mass is 552 g/mol. The van der Waals surface area contributed by atoms with Crippen molar-refractivity contribution >= 4 is 17.6 Å². The van der Waals surface area contributed by atoms with E-state index in [4.69, 9.17) is 4.74 Å². The highest BCUT2D eigenvalue weighted by atomic mass is 19.1. The van der Waals surface area contributed by atoms with E-state index in [1.807, 2.05) is 0 Å². The predicted octanol–water partition coefficient (Wildman–Crippen LogP) is 4.88. The van der Waals surface area contributed by atoms with Gasteiger partial charge in [-0.05, 0) is 105 Å². The summed E-state index contributed by atoms with van der Waals surface area (Å²) < 4.78 is 37.7. The summed E-state index contributed by atoms with van der Waals surface area (Å²) in [6.07, 6.45) is 2.25. The van der Waals surface area contributed by atoms with Gasteiger partial charge in [0, 0.05) is 12.2 Å². The van der Waals surface area contributed by atoms with Crippen LogP contribution in [0.4, 0.5) is 14.5 Å². The fraction of sp³-hybridized carbons (Fsp3) is 0.355. The van der Waals surface area contributed by atoms with Gasteiger partial charge in [-0.25, -0.2) is 13.6 Å². The molecule has 0 radical (unpaired) electrons. The molecule has 1 aliphatic heterocycles. The van der Waals surface area contributed by atoms with Crippen LogP contribution in [0.1, 0.15) is 37.3 Å². The largest absolute Gasteiger partial charge is 0.494 e. The van der Waals surface area contributed by atoms with Gasteiger partial charge in [-0.15, -0.1) is 0 Å². The molecule has 0 atom stereocenters. The van der Waals surface area contributed by atoms with Crippen LogP contribution in [0.3, 0.4) is 0 Å². The fourth-order valence-corrected chi connectivity index (χ4v) is 5.11. The van der Waals surface area contributed by atoms with Crippen molar-refractivity contribution in [3.63, 3.8) is 0 Å². The fourth-order valence-electron chi connectivity index (χ4n) is 5.11. The minimum absolute atomic E-state index is 0.112. The first-order valence-corrected chi connectivity index (χ1v) is 13.5. The quantitative estimate of drug-likeness (QED) is 0.212. The summed E-state index contributed by atoms with van der Waals surface area (Å²) in [7, 11) is 0. The highest BCUT2D eigenvalue weighted by Crippen LogP contribution is 2.42. The Morgan fingerprint density at radius 3 is 2.00 bits per heavy atom. The lowest BCUT2D eigenvalue weighted by molar-refractivity contribution is -0.152. The van der Waals surface area contributed by atoms with E-state index >= 15 is 0 Å². The number of carbonyl (C=O) groups is 2. The number of piperidine rings is 1. The van der Waals surface area contributed by atoms with Gasteiger partial charge in [-0.2, -0.15) is 0 Å². The van der Waals surface area contributed by atoms with Crippen molar-refractivity contribution < 1.29 is 33.0 Å². The Hall–Kier alpha value is -3.82. The van der Waals surface area contributed by atoms with Crippen molar-refractivity contribution in [2.24, 2.45) is 5.92 Å². The number of nitrogens with zero attached hydrogens (tertiary/aromatic N) is 1. The molecule has 0 aliphatic carbocycles. The summed E-state index contributed by atoms with van der Waals surface area (Å²) in [5.74, 6) is -1.97. The second-order valence-electron chi connectivity index (χ2n) is 9.80. The molecular weight excluding hydrogens is 518 g/mol. The molecule has 0 saturated carbocycles. The third-order valence-electron chi connectivity index (χ3n) is 7.21. The Labute approximate surface area is 232 Å². The molecule has 1 fully saturated rings. The topological polar surface area (TPSA) is 88.1 Å². The number of hydrogen-bond acceptors (Lipinski definition) is 6. The number of amides is 1. The Bertz CT molecular complexity index is 1210. The van der Waals surface area contributed by atoms with Crippen LogP contribution in [-0.2, 0) is 19.9 Å². The molecule has 4 rings (SSSR count). The van der Waals surface area contributed by atoms with E-state index in [2.05, 4.69) is 15.0 Å². The molecule has 40 heavy (non-hydrogen) atoms. The van der Waals surface area contributed by atoms with Crippen LogP contribution >= 0.6 is 0 Å². The Balaban J connectivity index is 1.26. The molecule has 0 spiro atoms. The molecule has 0 bridgehead atoms. The van der Waals surface area contributed by atoms with Crippen LogP contribution in [0, 0.1) is 17.6 Å². The van der Waals surface area contributed by atoms with Gasteiger partial charge in [0.1, 0.15) is 23.0 Å². The van der Waals surface area contributed by atoms with E-state index in [0.717, 1.165) is 38.9 Å². The van der Waals surface area contributed by atoms with Crippen LogP contribution in [0.5, 0.6) is 5.75 Å². The van der Waals surface area contributed by atoms with Crippen molar-refractivity contribution in [2.75, 3.05) is 38.2 Å². The highest BCUT2D eigenvalue weighted by Gasteiger charge is 2.41. The summed E-state index contributed by atoms with van der Waals surface area (Å²) in [5, 5.41) is 14.5. The molecule has 1 aliphatic rings. The zero-order valence-corrected chi connectivity index (χ0v) is 22.4. The third kappa shape index (κ3) is 7.22. The highest BCUT2D eigenvalue weighted by molar-refractivity contribution is 6.37. The first-order chi connectivity index (χ1) is 19.3. The number of nitrogens with one attached hydrogen (secondary N) is 1. The number of likely N-dealkylation sites (tertiary alicyclic amines) is 1. The normalized spacial score (nSPS) is 14.5. The van der Waals surface area contributed by atoms with E-state index in [1.54, 1.807) is 55.5 Å². The standard InChI is InChI=1S/C31H34F2N2O5/c1-2-39-30(37)29(36)34-27-12-14-28(15-13-27)40-21-3-18-35-19-16-24(17-20-35)31(38,22-4-8-25(32)9-5-22)23-6-10-26(33)11-7-23/h4-15,24,38H,2-3,16-21H2,1H3,(H,34,36). The molecule has 212 valence electrons. The van der Waals surface area contributed by atoms with Crippen molar-refractivity contribution in [1.29, 1.82) is 0 Å². The number of carbonyl (C=O) groups excluding carboxylic acids is 2. The summed E-state index contributed by atoms with van der Waals surface area (Å²) in [6, 6.07) is 18.5. The van der Waals surface area contributed by atoms with Crippen LogP contribution in [-0.4, -0.2) is 54.7 Å². The zero-order chi connectivity index (χ0) is 28.5. The number of aliphatic hydroxyl groups is 1. The van der Waals surface area contributed by atoms with Gasteiger partial charge in [0.05, 0.1) is 13.2 Å². The molecule has 1 amide bonds. The van der Waals surface area contributed by atoms with E-state index < -0.39 is 17.5 Å². The lowest BCUT2D eigenvalue weighted by Gasteiger charge is -2.42. The molecule has 3 aromatic rings. The van der Waals surface area contributed by atoms with Gasteiger partial charge in [-0.1, -0.05) is 24.3 Å². The Morgan fingerprint density at radius 1 is 0.925 bits per heavy atom. The second-order valence-corrected chi connectivity index (χ2v) is 9.80. The molecule has 1 saturated heterocycles. The summed E-state index contributed by atoms with van der Waals surface area (Å²) >= 11 is 0. The minimum Gasteiger partial charge on any atom is -0.494 e. The van der Waals surface area contributed by atoms with Crippen molar-refractivity contribution in [3.8, 4) is 5.75 Å². The predicted molar refractivity (Wildman–Crippen MR) is 147 cm³/mol. The number of anilines is 1. The third-order valence-corrected chi connectivity index (χ3v) is 7.21. The molecule has 2 N–H and O–H groups in total. The van der Waals surface area contributed by atoms with Gasteiger partial charge in [0.15, 0.2) is 0 Å². The molecule has 0 unspecified atom stereocenters. The lowest BCUT2D eigenvalue weighted by Crippen LogP contribution is -2.44. The van der Waals surface area contributed by atoms with Crippen LogP contribution < -0.4 is 10.1 Å². The van der Waals surface area contributed by atoms with E-state index in [-0.39, 0.29) is 24.2 Å². The average molecular weight is 553 g/mol. The average Bonchev–Trinajstić information content (AvgIpc) is 2.97. The summed E-state index contributed by atoms with van der Waals surface area (Å²) in [5.41, 5.74) is 0.311. The maximum Gasteiger partial charge on any atom is 0.397 e. The Kier molecular flexibility index (Phi) is 9.84. The molecular formula is C31H34F2N2O5. The maximum absolute atomic E-state index is 13.6. The van der Waals surface area contributed by atoms with Gasteiger partial charge in [-0.3, -0.25) is 4.79 Å². The molecule has 7 nitrogen and oxygen atoms in total. The number of benzene rings is 3. The van der Waals surface area contributed by atoms with Gasteiger partial charge < -0.3 is 24.8 Å².